The molecule has 3 aliphatic rings. The Labute approximate surface area is 185 Å². The number of amides is 1. The van der Waals surface area contributed by atoms with Crippen LogP contribution < -0.4 is 4.90 Å². The van der Waals surface area contributed by atoms with Crippen molar-refractivity contribution in [3.8, 4) is 0 Å². The Kier molecular flexibility index (Phi) is 6.93. The van der Waals surface area contributed by atoms with Crippen molar-refractivity contribution in [3.63, 3.8) is 0 Å². The SMILES string of the molecule is O=C(CN1CCN(c2ncc(C(F)(F)F)cc2Cl)CC1)N1CCN(C2CCCC2)CC1. The number of nitrogens with zero attached hydrogens (tertiary/aromatic N) is 5. The molecule has 1 saturated carbocycles. The summed E-state index contributed by atoms with van der Waals surface area (Å²) in [6.07, 6.45) is 1.58. The first-order valence-electron chi connectivity index (χ1n) is 11.0. The van der Waals surface area contributed by atoms with Crippen molar-refractivity contribution in [2.24, 2.45) is 0 Å². The molecule has 0 unspecified atom stereocenters. The average Bonchev–Trinajstić information content (AvgIpc) is 3.29. The first-order valence-corrected chi connectivity index (χ1v) is 11.4. The third-order valence-electron chi connectivity index (χ3n) is 6.69. The highest BCUT2D eigenvalue weighted by molar-refractivity contribution is 6.33. The highest BCUT2D eigenvalue weighted by atomic mass is 35.5. The molecule has 1 amide bonds. The van der Waals surface area contributed by atoms with Crippen LogP contribution in [0.25, 0.3) is 0 Å². The van der Waals surface area contributed by atoms with Gasteiger partial charge in [0.2, 0.25) is 5.91 Å². The fraction of sp³-hybridized carbons (Fsp3) is 0.714. The Morgan fingerprint density at radius 1 is 1.03 bits per heavy atom. The van der Waals surface area contributed by atoms with E-state index in [-0.39, 0.29) is 10.9 Å². The number of rotatable bonds is 4. The Morgan fingerprint density at radius 2 is 1.68 bits per heavy atom. The molecule has 0 atom stereocenters. The smallest absolute Gasteiger partial charge is 0.353 e. The maximum Gasteiger partial charge on any atom is 0.417 e. The number of hydrogen-bond acceptors (Lipinski definition) is 5. The largest absolute Gasteiger partial charge is 0.417 e. The summed E-state index contributed by atoms with van der Waals surface area (Å²) in [5.74, 6) is 0.522. The van der Waals surface area contributed by atoms with Crippen molar-refractivity contribution in [2.45, 2.75) is 37.9 Å². The van der Waals surface area contributed by atoms with E-state index in [1.807, 2.05) is 9.80 Å². The number of piperazine rings is 2. The van der Waals surface area contributed by atoms with Crippen molar-refractivity contribution in [1.82, 2.24) is 19.7 Å². The lowest BCUT2D eigenvalue weighted by Crippen LogP contribution is -2.55. The molecule has 3 heterocycles. The Hall–Kier alpha value is -1.58. The average molecular weight is 460 g/mol. The molecule has 2 saturated heterocycles. The Balaban J connectivity index is 1.23. The monoisotopic (exact) mass is 459 g/mol. The Morgan fingerprint density at radius 3 is 2.26 bits per heavy atom. The van der Waals surface area contributed by atoms with Gasteiger partial charge in [-0.2, -0.15) is 13.2 Å². The lowest BCUT2D eigenvalue weighted by molar-refractivity contribution is -0.138. The minimum absolute atomic E-state index is 0.000477. The molecule has 1 aliphatic carbocycles. The predicted molar refractivity (Wildman–Crippen MR) is 113 cm³/mol. The van der Waals surface area contributed by atoms with E-state index in [9.17, 15) is 18.0 Å². The van der Waals surface area contributed by atoms with Crippen LogP contribution in [0, 0.1) is 0 Å². The van der Waals surface area contributed by atoms with E-state index in [2.05, 4.69) is 14.8 Å². The maximum atomic E-state index is 12.8. The fourth-order valence-electron chi connectivity index (χ4n) is 4.83. The van der Waals surface area contributed by atoms with E-state index in [0.717, 1.165) is 38.4 Å². The van der Waals surface area contributed by atoms with Crippen molar-refractivity contribution in [1.29, 1.82) is 0 Å². The van der Waals surface area contributed by atoms with Crippen LogP contribution in [-0.4, -0.2) is 90.5 Å². The number of anilines is 1. The standard InChI is InChI=1S/C21H29ClF3N5O/c22-18-13-16(21(23,24)25)14-26-20(18)30-7-5-27(6-8-30)15-19(31)29-11-9-28(10-12-29)17-3-1-2-4-17/h13-14,17H,1-12,15H2. The molecule has 0 spiro atoms. The molecule has 0 N–H and O–H groups in total. The number of carbonyl (C=O) groups is 1. The van der Waals surface area contributed by atoms with E-state index in [4.69, 9.17) is 11.6 Å². The zero-order chi connectivity index (χ0) is 22.0. The van der Waals surface area contributed by atoms with Crippen LogP contribution in [0.15, 0.2) is 12.3 Å². The molecule has 3 fully saturated rings. The van der Waals surface area contributed by atoms with Crippen LogP contribution in [0.5, 0.6) is 0 Å². The van der Waals surface area contributed by atoms with Crippen molar-refractivity contribution in [3.05, 3.63) is 22.8 Å². The van der Waals surface area contributed by atoms with Crippen LogP contribution >= 0.6 is 11.6 Å². The van der Waals surface area contributed by atoms with E-state index in [0.29, 0.717) is 44.6 Å². The van der Waals surface area contributed by atoms with Crippen LogP contribution in [0.2, 0.25) is 5.02 Å². The van der Waals surface area contributed by atoms with Crippen molar-refractivity contribution in [2.75, 3.05) is 63.8 Å². The van der Waals surface area contributed by atoms with E-state index in [1.165, 1.54) is 25.7 Å². The van der Waals surface area contributed by atoms with Gasteiger partial charge in [0.05, 0.1) is 17.1 Å². The second-order valence-electron chi connectivity index (χ2n) is 8.65. The normalized spacial score (nSPS) is 22.3. The zero-order valence-corrected chi connectivity index (χ0v) is 18.3. The van der Waals surface area contributed by atoms with Gasteiger partial charge in [0.25, 0.3) is 0 Å². The second-order valence-corrected chi connectivity index (χ2v) is 9.05. The van der Waals surface area contributed by atoms with E-state index in [1.54, 1.807) is 0 Å². The minimum Gasteiger partial charge on any atom is -0.353 e. The summed E-state index contributed by atoms with van der Waals surface area (Å²) >= 11 is 6.07. The minimum atomic E-state index is -4.46. The van der Waals surface area contributed by atoms with E-state index >= 15 is 0 Å². The lowest BCUT2D eigenvalue weighted by Gasteiger charge is -2.40. The van der Waals surface area contributed by atoms with Gasteiger partial charge in [-0.05, 0) is 18.9 Å². The molecule has 6 nitrogen and oxygen atoms in total. The highest BCUT2D eigenvalue weighted by Gasteiger charge is 2.33. The molecule has 0 bridgehead atoms. The second kappa shape index (κ2) is 9.50. The van der Waals surface area contributed by atoms with Gasteiger partial charge < -0.3 is 9.80 Å². The summed E-state index contributed by atoms with van der Waals surface area (Å²) in [5.41, 5.74) is -0.849. The van der Waals surface area contributed by atoms with Crippen molar-refractivity contribution < 1.29 is 18.0 Å². The first kappa shape index (κ1) is 22.6. The summed E-state index contributed by atoms with van der Waals surface area (Å²) in [7, 11) is 0. The van der Waals surface area contributed by atoms with Gasteiger partial charge in [0.15, 0.2) is 0 Å². The molecule has 1 aromatic heterocycles. The van der Waals surface area contributed by atoms with Gasteiger partial charge in [-0.1, -0.05) is 24.4 Å². The summed E-state index contributed by atoms with van der Waals surface area (Å²) in [5, 5.41) is -0.000477. The molecule has 31 heavy (non-hydrogen) atoms. The quantitative estimate of drug-likeness (QED) is 0.692. The summed E-state index contributed by atoms with van der Waals surface area (Å²) in [6.45, 7) is 6.32. The van der Waals surface area contributed by atoms with Gasteiger partial charge in [-0.15, -0.1) is 0 Å². The van der Waals surface area contributed by atoms with Gasteiger partial charge in [0.1, 0.15) is 5.82 Å². The first-order chi connectivity index (χ1) is 14.8. The van der Waals surface area contributed by atoms with Crippen molar-refractivity contribution >= 4 is 23.3 Å². The Bertz CT molecular complexity index is 771. The summed E-state index contributed by atoms with van der Waals surface area (Å²) in [6, 6.07) is 1.63. The van der Waals surface area contributed by atoms with Gasteiger partial charge in [-0.3, -0.25) is 14.6 Å². The third kappa shape index (κ3) is 5.43. The van der Waals surface area contributed by atoms with Crippen LogP contribution in [0.4, 0.5) is 19.0 Å². The number of carbonyl (C=O) groups excluding carboxylic acids is 1. The van der Waals surface area contributed by atoms with Crippen LogP contribution in [0.1, 0.15) is 31.2 Å². The van der Waals surface area contributed by atoms with Gasteiger partial charge >= 0.3 is 6.18 Å². The van der Waals surface area contributed by atoms with Gasteiger partial charge in [-0.25, -0.2) is 4.98 Å². The number of aromatic nitrogens is 1. The number of hydrogen-bond donors (Lipinski definition) is 0. The van der Waals surface area contributed by atoms with Gasteiger partial charge in [0, 0.05) is 64.6 Å². The number of alkyl halides is 3. The summed E-state index contributed by atoms with van der Waals surface area (Å²) < 4.78 is 38.4. The number of pyridine rings is 1. The topological polar surface area (TPSA) is 42.9 Å². The molecule has 1 aromatic rings. The molecule has 0 radical (unpaired) electrons. The lowest BCUT2D eigenvalue weighted by atomic mass is 10.2. The predicted octanol–water partition coefficient (Wildman–Crippen LogP) is 2.96. The highest BCUT2D eigenvalue weighted by Crippen LogP contribution is 2.33. The summed E-state index contributed by atoms with van der Waals surface area (Å²) in [4.78, 5) is 25.2. The molecule has 172 valence electrons. The fourth-order valence-corrected chi connectivity index (χ4v) is 5.12. The van der Waals surface area contributed by atoms with Crippen LogP contribution in [-0.2, 0) is 11.0 Å². The molecular weight excluding hydrogens is 431 g/mol. The van der Waals surface area contributed by atoms with E-state index < -0.39 is 11.7 Å². The molecule has 2 aliphatic heterocycles. The number of halogens is 4. The molecule has 0 aromatic carbocycles. The molecule has 4 rings (SSSR count). The third-order valence-corrected chi connectivity index (χ3v) is 6.97. The zero-order valence-electron chi connectivity index (χ0n) is 17.6. The van der Waals surface area contributed by atoms with Crippen LogP contribution in [0.3, 0.4) is 0 Å². The molecule has 10 heteroatoms. The maximum absolute atomic E-state index is 12.8. The molecular formula is C21H29ClF3N5O.